The second-order valence-electron chi connectivity index (χ2n) is 6.70. The van der Waals surface area contributed by atoms with E-state index in [0.29, 0.717) is 5.56 Å². The van der Waals surface area contributed by atoms with Gasteiger partial charge in [-0.1, -0.05) is 35.3 Å². The Bertz CT molecular complexity index is 958. The molecular formula is C19H14Cl2FNO3. The molecule has 7 heteroatoms. The van der Waals surface area contributed by atoms with E-state index in [-0.39, 0.29) is 32.8 Å². The van der Waals surface area contributed by atoms with Gasteiger partial charge in [0, 0.05) is 5.56 Å². The third-order valence-electron chi connectivity index (χ3n) is 4.79. The maximum atomic E-state index is 14.2. The molecule has 4 nitrogen and oxygen atoms in total. The van der Waals surface area contributed by atoms with Crippen LogP contribution in [-0.2, 0) is 0 Å². The van der Waals surface area contributed by atoms with Crippen LogP contribution in [-0.4, -0.2) is 22.4 Å². The van der Waals surface area contributed by atoms with Crippen molar-refractivity contribution >= 4 is 40.5 Å². The van der Waals surface area contributed by atoms with E-state index in [1.807, 2.05) is 0 Å². The predicted molar refractivity (Wildman–Crippen MR) is 96.7 cm³/mol. The van der Waals surface area contributed by atoms with Crippen LogP contribution in [0.25, 0.3) is 0 Å². The van der Waals surface area contributed by atoms with E-state index in [1.54, 1.807) is 6.07 Å². The van der Waals surface area contributed by atoms with Crippen LogP contribution in [0.4, 0.5) is 10.1 Å². The van der Waals surface area contributed by atoms with Crippen LogP contribution in [0.2, 0.25) is 10.0 Å². The number of benzene rings is 2. The number of fused-ring (bicyclic) bond motifs is 1. The highest BCUT2D eigenvalue weighted by Gasteiger charge is 2.47. The fourth-order valence-corrected chi connectivity index (χ4v) is 3.70. The number of carbonyl (C=O) groups excluding carboxylic acids is 2. The molecule has 4 rings (SSSR count). The highest BCUT2D eigenvalue weighted by molar-refractivity contribution is 6.40. The van der Waals surface area contributed by atoms with Gasteiger partial charge < -0.3 is 10.4 Å². The van der Waals surface area contributed by atoms with Gasteiger partial charge in [0.2, 0.25) is 11.5 Å². The maximum absolute atomic E-state index is 14.2. The molecule has 0 bridgehead atoms. The largest absolute Gasteiger partial charge is 0.364 e. The molecule has 134 valence electrons. The van der Waals surface area contributed by atoms with E-state index in [0.717, 1.165) is 18.9 Å². The molecule has 2 aromatic rings. The molecule has 0 saturated heterocycles. The lowest BCUT2D eigenvalue weighted by molar-refractivity contribution is 0.0424. The van der Waals surface area contributed by atoms with Crippen molar-refractivity contribution in [2.24, 2.45) is 0 Å². The molecule has 1 heterocycles. The second kappa shape index (κ2) is 6.05. The van der Waals surface area contributed by atoms with E-state index in [4.69, 9.17) is 23.2 Å². The van der Waals surface area contributed by atoms with Gasteiger partial charge in [-0.25, -0.2) is 4.39 Å². The number of anilines is 1. The Morgan fingerprint density at radius 2 is 1.92 bits per heavy atom. The first-order valence-corrected chi connectivity index (χ1v) is 8.92. The lowest BCUT2D eigenvalue weighted by Crippen LogP contribution is -2.43. The van der Waals surface area contributed by atoms with Gasteiger partial charge in [-0.15, -0.1) is 0 Å². The fraction of sp³-hybridized carbons (Fsp3) is 0.263. The Balaban J connectivity index is 1.60. The number of halogens is 3. The standard InChI is InChI=1S/C19H14Cl2FNO3/c20-12-5-6-13(21)17-16(12)18(25)19(26,23-17)8-15(24)10-3-4-11(9-1-2-9)14(22)7-10/h3-7,9,23,26H,1-2,8H2. The van der Waals surface area contributed by atoms with Crippen LogP contribution in [0.5, 0.6) is 0 Å². The number of Topliss-reactive ketones (excluding diaryl/α,β-unsaturated/α-hetero) is 2. The van der Waals surface area contributed by atoms with Crippen molar-refractivity contribution in [2.45, 2.75) is 30.9 Å². The third-order valence-corrected chi connectivity index (χ3v) is 5.42. The highest BCUT2D eigenvalue weighted by atomic mass is 35.5. The molecule has 1 saturated carbocycles. The smallest absolute Gasteiger partial charge is 0.219 e. The van der Waals surface area contributed by atoms with Crippen LogP contribution in [0, 0.1) is 5.82 Å². The van der Waals surface area contributed by atoms with Gasteiger partial charge in [-0.3, -0.25) is 9.59 Å². The van der Waals surface area contributed by atoms with E-state index in [2.05, 4.69) is 5.32 Å². The lowest BCUT2D eigenvalue weighted by atomic mass is 9.95. The zero-order chi connectivity index (χ0) is 18.6. The quantitative estimate of drug-likeness (QED) is 0.746. The summed E-state index contributed by atoms with van der Waals surface area (Å²) in [7, 11) is 0. The van der Waals surface area contributed by atoms with Crippen molar-refractivity contribution in [3.05, 3.63) is 62.9 Å². The van der Waals surface area contributed by atoms with Crippen molar-refractivity contribution in [1.82, 2.24) is 0 Å². The molecule has 0 amide bonds. The van der Waals surface area contributed by atoms with Gasteiger partial charge in [0.05, 0.1) is 27.7 Å². The maximum Gasteiger partial charge on any atom is 0.219 e. The summed E-state index contributed by atoms with van der Waals surface area (Å²) >= 11 is 12.1. The van der Waals surface area contributed by atoms with Crippen LogP contribution in [0.3, 0.4) is 0 Å². The van der Waals surface area contributed by atoms with Crippen LogP contribution in [0.15, 0.2) is 30.3 Å². The van der Waals surface area contributed by atoms with Gasteiger partial charge in [0.25, 0.3) is 0 Å². The summed E-state index contributed by atoms with van der Waals surface area (Å²) in [6.45, 7) is 0. The summed E-state index contributed by atoms with van der Waals surface area (Å²) < 4.78 is 14.2. The summed E-state index contributed by atoms with van der Waals surface area (Å²) in [5.41, 5.74) is -1.23. The van der Waals surface area contributed by atoms with E-state index < -0.39 is 29.5 Å². The number of rotatable bonds is 4. The summed E-state index contributed by atoms with van der Waals surface area (Å²) in [6.07, 6.45) is 1.33. The number of hydrogen-bond acceptors (Lipinski definition) is 4. The van der Waals surface area contributed by atoms with Crippen molar-refractivity contribution in [2.75, 3.05) is 5.32 Å². The molecule has 0 spiro atoms. The van der Waals surface area contributed by atoms with Crippen molar-refractivity contribution < 1.29 is 19.1 Å². The summed E-state index contributed by atoms with van der Waals surface area (Å²) in [5.74, 6) is -1.51. The van der Waals surface area contributed by atoms with E-state index in [1.165, 1.54) is 18.2 Å². The minimum absolute atomic E-state index is 0.0460. The molecule has 2 aromatic carbocycles. The molecule has 2 aliphatic rings. The van der Waals surface area contributed by atoms with Crippen molar-refractivity contribution in [3.8, 4) is 0 Å². The zero-order valence-corrected chi connectivity index (χ0v) is 15.0. The Morgan fingerprint density at radius 1 is 1.23 bits per heavy atom. The molecule has 1 fully saturated rings. The predicted octanol–water partition coefficient (Wildman–Crippen LogP) is 4.58. The Labute approximate surface area is 158 Å². The van der Waals surface area contributed by atoms with Crippen LogP contribution < -0.4 is 5.32 Å². The van der Waals surface area contributed by atoms with E-state index in [9.17, 15) is 19.1 Å². The first-order chi connectivity index (χ1) is 12.3. The summed E-state index contributed by atoms with van der Waals surface area (Å²) in [6, 6.07) is 7.21. The number of ketones is 2. The van der Waals surface area contributed by atoms with Gasteiger partial charge in [-0.2, -0.15) is 0 Å². The Morgan fingerprint density at radius 3 is 2.54 bits per heavy atom. The lowest BCUT2D eigenvalue weighted by Gasteiger charge is -2.21. The average molecular weight is 394 g/mol. The first kappa shape index (κ1) is 17.5. The molecule has 1 unspecified atom stereocenters. The minimum atomic E-state index is -2.17. The Kier molecular flexibility index (Phi) is 4.06. The SMILES string of the molecule is O=C(CC1(O)Nc2c(Cl)ccc(Cl)c2C1=O)c1ccc(C2CC2)c(F)c1. The minimum Gasteiger partial charge on any atom is -0.364 e. The normalized spacial score (nSPS) is 21.5. The topological polar surface area (TPSA) is 66.4 Å². The highest BCUT2D eigenvalue weighted by Crippen LogP contribution is 2.43. The molecular weight excluding hydrogens is 380 g/mol. The van der Waals surface area contributed by atoms with Crippen molar-refractivity contribution in [3.63, 3.8) is 0 Å². The summed E-state index contributed by atoms with van der Waals surface area (Å²) in [5, 5.41) is 13.6. The molecule has 0 aromatic heterocycles. The first-order valence-electron chi connectivity index (χ1n) is 8.16. The number of nitrogens with one attached hydrogen (secondary N) is 1. The van der Waals surface area contributed by atoms with E-state index >= 15 is 0 Å². The van der Waals surface area contributed by atoms with Crippen LogP contribution >= 0.6 is 23.2 Å². The Hall–Kier alpha value is -1.95. The zero-order valence-electron chi connectivity index (χ0n) is 13.5. The monoisotopic (exact) mass is 393 g/mol. The van der Waals surface area contributed by atoms with Gasteiger partial charge in [0.1, 0.15) is 5.82 Å². The van der Waals surface area contributed by atoms with Gasteiger partial charge in [-0.05, 0) is 42.5 Å². The molecule has 26 heavy (non-hydrogen) atoms. The molecule has 1 atom stereocenters. The molecule has 1 aliphatic carbocycles. The number of hydrogen-bond donors (Lipinski definition) is 2. The number of aliphatic hydroxyl groups is 1. The van der Waals surface area contributed by atoms with Gasteiger partial charge in [0.15, 0.2) is 5.78 Å². The second-order valence-corrected chi connectivity index (χ2v) is 7.52. The third kappa shape index (κ3) is 2.80. The number of carbonyl (C=O) groups is 2. The molecule has 0 radical (unpaired) electrons. The summed E-state index contributed by atoms with van der Waals surface area (Å²) in [4.78, 5) is 25.1. The van der Waals surface area contributed by atoms with Crippen LogP contribution in [0.1, 0.15) is 51.5 Å². The fourth-order valence-electron chi connectivity index (χ4n) is 3.25. The molecule has 2 N–H and O–H groups in total. The average Bonchev–Trinajstić information content (AvgIpc) is 3.38. The van der Waals surface area contributed by atoms with Gasteiger partial charge >= 0.3 is 0 Å². The molecule has 1 aliphatic heterocycles. The van der Waals surface area contributed by atoms with Crippen molar-refractivity contribution in [1.29, 1.82) is 0 Å².